The van der Waals surface area contributed by atoms with Crippen molar-refractivity contribution in [1.29, 1.82) is 0 Å². The van der Waals surface area contributed by atoms with Crippen molar-refractivity contribution in [3.05, 3.63) is 0 Å². The summed E-state index contributed by atoms with van der Waals surface area (Å²) in [5, 5.41) is 0. The maximum atomic E-state index is 8.72. The molecular weight excluding hydrogens is 151 g/mol. The lowest BCUT2D eigenvalue weighted by atomic mass is 12.0. The first-order valence-electron chi connectivity index (χ1n) is 1.58. The van der Waals surface area contributed by atoms with E-state index in [-0.39, 0.29) is 0 Å². The predicted molar refractivity (Wildman–Crippen MR) is 38.4 cm³/mol. The van der Waals surface area contributed by atoms with E-state index in [9.17, 15) is 0 Å². The molecule has 0 aliphatic carbocycles. The summed E-state index contributed by atoms with van der Waals surface area (Å²) in [5.41, 5.74) is 0. The Morgan fingerprint density at radius 3 is 1.43 bits per heavy atom. The van der Waals surface area contributed by atoms with Crippen molar-refractivity contribution in [2.45, 2.75) is 0 Å². The highest BCUT2D eigenvalue weighted by Gasteiger charge is 2.31. The van der Waals surface area contributed by atoms with Crippen LogP contribution in [0.3, 0.4) is 0 Å². The third kappa shape index (κ3) is 3.62. The summed E-state index contributed by atoms with van der Waals surface area (Å²) in [7, 11) is 0. The van der Waals surface area contributed by atoms with Crippen LogP contribution in [-0.2, 0) is 0 Å². The monoisotopic (exact) mass is 159 g/mol. The van der Waals surface area contributed by atoms with Gasteiger partial charge in [0, 0.05) is 12.5 Å². The van der Waals surface area contributed by atoms with Gasteiger partial charge in [-0.3, -0.25) is 0 Å². The Balaban J connectivity index is 3.36. The lowest BCUT2D eigenvalue weighted by Gasteiger charge is -1.99. The van der Waals surface area contributed by atoms with Crippen LogP contribution in [0.2, 0.25) is 0 Å². The first-order chi connectivity index (χ1) is 3.12. The number of rotatable bonds is 2. The quantitative estimate of drug-likeness (QED) is 0.597. The van der Waals surface area contributed by atoms with E-state index in [0.29, 0.717) is 0 Å². The summed E-state index contributed by atoms with van der Waals surface area (Å²) in [6.07, 6.45) is 0.799. The Bertz CT molecular complexity index is 51.7. The highest BCUT2D eigenvalue weighted by Crippen LogP contribution is 2.70. The Kier molecular flexibility index (Phi) is 3.62. The molecule has 0 atom stereocenters. The molecule has 2 N–H and O–H groups in total. The van der Waals surface area contributed by atoms with Crippen LogP contribution in [-0.4, -0.2) is 22.3 Å². The van der Waals surface area contributed by atoms with Crippen LogP contribution in [0.25, 0.3) is 0 Å². The van der Waals surface area contributed by atoms with Gasteiger partial charge in [0.15, 0.2) is 0 Å². The van der Waals surface area contributed by atoms with Gasteiger partial charge >= 0.3 is 6.12 Å². The molecule has 0 aliphatic rings. The molecule has 2 nitrogen and oxygen atoms in total. The summed E-state index contributed by atoms with van der Waals surface area (Å²) in [6.45, 7) is 0. The molecule has 0 radical (unpaired) electrons. The number of hydrogen-bond donors (Lipinski definition) is 2. The average Bonchev–Trinajstić information content (AvgIpc) is 1.68. The Morgan fingerprint density at radius 2 is 1.43 bits per heavy atom. The molecule has 44 valence electrons. The molecule has 0 aromatic heterocycles. The molecule has 0 amide bonds. The largest absolute Gasteiger partial charge is 0.389 e. The molecule has 0 spiro atoms. The van der Waals surface area contributed by atoms with Gasteiger partial charge in [-0.1, -0.05) is 0 Å². The fourth-order valence-corrected chi connectivity index (χ4v) is 2.01. The number of hydrogen-bond acceptors (Lipinski definition) is 4. The van der Waals surface area contributed by atoms with Gasteiger partial charge in [-0.2, -0.15) is 9.79 Å². The van der Waals surface area contributed by atoms with E-state index in [0.717, 1.165) is 22.8 Å². The van der Waals surface area contributed by atoms with Crippen molar-refractivity contribution < 1.29 is 9.79 Å². The second-order valence-electron chi connectivity index (χ2n) is 0.856. The molecule has 5 heteroatoms. The predicted octanol–water partition coefficient (Wildman–Crippen LogP) is 1.37. The standard InChI is InChI=1S/C2H8O2PS2/c1-6-5(3,4)7-2/h3-4H,1-2H3/q+1. The molecule has 0 fully saturated rings. The van der Waals surface area contributed by atoms with Crippen LogP contribution in [0.4, 0.5) is 0 Å². The second-order valence-corrected chi connectivity index (χ2v) is 8.51. The maximum Gasteiger partial charge on any atom is 0.389 e. The van der Waals surface area contributed by atoms with Crippen molar-refractivity contribution in [1.82, 2.24) is 0 Å². The van der Waals surface area contributed by atoms with E-state index in [1.807, 2.05) is 0 Å². The lowest BCUT2D eigenvalue weighted by molar-refractivity contribution is 0.498. The highest BCUT2D eigenvalue weighted by atomic mass is 33.1. The van der Waals surface area contributed by atoms with Gasteiger partial charge in [0.1, 0.15) is 0 Å². The summed E-state index contributed by atoms with van der Waals surface area (Å²) < 4.78 is 0. The molecule has 0 heterocycles. The molecule has 0 aliphatic heterocycles. The van der Waals surface area contributed by atoms with Crippen molar-refractivity contribution >= 4 is 28.9 Å². The van der Waals surface area contributed by atoms with E-state index in [1.165, 1.54) is 0 Å². The molecule has 0 saturated heterocycles. The Hall–Kier alpha value is 1.05. The smallest absolute Gasteiger partial charge is 0.198 e. The van der Waals surface area contributed by atoms with Crippen LogP contribution in [0.1, 0.15) is 0 Å². The molecular formula is C2H8O2PS2+. The molecule has 0 unspecified atom stereocenters. The fourth-order valence-electron chi connectivity index (χ4n) is 0.0745. The Morgan fingerprint density at radius 1 is 1.14 bits per heavy atom. The van der Waals surface area contributed by atoms with Crippen molar-refractivity contribution in [2.24, 2.45) is 0 Å². The lowest BCUT2D eigenvalue weighted by Crippen LogP contribution is -1.71. The van der Waals surface area contributed by atoms with Gasteiger partial charge in [-0.05, 0) is 0 Å². The van der Waals surface area contributed by atoms with Gasteiger partial charge < -0.3 is 0 Å². The van der Waals surface area contributed by atoms with Gasteiger partial charge in [-0.25, -0.2) is 0 Å². The van der Waals surface area contributed by atoms with E-state index >= 15 is 0 Å². The van der Waals surface area contributed by atoms with E-state index < -0.39 is 6.12 Å². The van der Waals surface area contributed by atoms with E-state index in [1.54, 1.807) is 12.5 Å². The van der Waals surface area contributed by atoms with Gasteiger partial charge in [0.05, 0.1) is 22.8 Å². The van der Waals surface area contributed by atoms with E-state index in [4.69, 9.17) is 9.79 Å². The van der Waals surface area contributed by atoms with Crippen LogP contribution >= 0.6 is 28.9 Å². The van der Waals surface area contributed by atoms with Gasteiger partial charge in [-0.15, -0.1) is 0 Å². The molecule has 0 aromatic carbocycles. The minimum atomic E-state index is -2.57. The first-order valence-corrected chi connectivity index (χ1v) is 6.94. The highest BCUT2D eigenvalue weighted by molar-refractivity contribution is 8.91. The van der Waals surface area contributed by atoms with Crippen LogP contribution in [0.5, 0.6) is 0 Å². The molecule has 0 aromatic rings. The van der Waals surface area contributed by atoms with Crippen molar-refractivity contribution in [3.63, 3.8) is 0 Å². The zero-order valence-electron chi connectivity index (χ0n) is 4.16. The summed E-state index contributed by atoms with van der Waals surface area (Å²) in [6, 6.07) is 0. The van der Waals surface area contributed by atoms with Crippen LogP contribution in [0, 0.1) is 0 Å². The normalized spacial score (nSPS) is 12.0. The summed E-state index contributed by atoms with van der Waals surface area (Å²) in [5.74, 6) is 0. The van der Waals surface area contributed by atoms with Gasteiger partial charge in [0.25, 0.3) is 0 Å². The topological polar surface area (TPSA) is 40.5 Å². The SMILES string of the molecule is CS[P+](O)(O)SC. The van der Waals surface area contributed by atoms with Crippen LogP contribution < -0.4 is 0 Å². The van der Waals surface area contributed by atoms with Crippen molar-refractivity contribution in [3.8, 4) is 0 Å². The molecule has 0 saturated carbocycles. The van der Waals surface area contributed by atoms with E-state index in [2.05, 4.69) is 0 Å². The molecule has 7 heavy (non-hydrogen) atoms. The van der Waals surface area contributed by atoms with Crippen LogP contribution in [0.15, 0.2) is 0 Å². The zero-order valence-corrected chi connectivity index (χ0v) is 6.69. The Labute approximate surface area is 51.7 Å². The minimum absolute atomic E-state index is 1.11. The van der Waals surface area contributed by atoms with Gasteiger partial charge in [0.2, 0.25) is 0 Å². The zero-order chi connectivity index (χ0) is 5.91. The minimum Gasteiger partial charge on any atom is -0.198 e. The average molecular weight is 159 g/mol. The summed E-state index contributed by atoms with van der Waals surface area (Å²) in [4.78, 5) is 17.4. The molecule has 0 bridgehead atoms. The third-order valence-electron chi connectivity index (χ3n) is 0.476. The third-order valence-corrected chi connectivity index (χ3v) is 6.96. The summed E-state index contributed by atoms with van der Waals surface area (Å²) >= 11 is 2.22. The molecule has 0 rings (SSSR count). The maximum absolute atomic E-state index is 8.72. The van der Waals surface area contributed by atoms with Crippen molar-refractivity contribution in [2.75, 3.05) is 12.5 Å². The second kappa shape index (κ2) is 3.15. The first kappa shape index (κ1) is 8.05. The fraction of sp³-hybridized carbons (Fsp3) is 1.00.